The van der Waals surface area contributed by atoms with E-state index in [4.69, 9.17) is 4.18 Å². The Morgan fingerprint density at radius 3 is 2.41 bits per heavy atom. The van der Waals surface area contributed by atoms with Gasteiger partial charge in [-0.15, -0.1) is 0 Å². The SMILES string of the molecule is N#C/C(=C/c1ccc(OS(=O)(=O)c2cccc([N+](=O)[O-])c2)c(Br)c1)C(=O)Nc1ccc(Br)cc1. The van der Waals surface area contributed by atoms with Gasteiger partial charge in [0.2, 0.25) is 0 Å². The Morgan fingerprint density at radius 1 is 1.09 bits per heavy atom. The molecule has 0 atom stereocenters. The summed E-state index contributed by atoms with van der Waals surface area (Å²) in [4.78, 5) is 22.2. The van der Waals surface area contributed by atoms with Crippen molar-refractivity contribution in [3.63, 3.8) is 0 Å². The maximum absolute atomic E-state index is 12.5. The van der Waals surface area contributed by atoms with Crippen LogP contribution in [0, 0.1) is 21.4 Å². The van der Waals surface area contributed by atoms with Crippen LogP contribution < -0.4 is 9.50 Å². The molecule has 0 saturated carbocycles. The zero-order chi connectivity index (χ0) is 24.9. The highest BCUT2D eigenvalue weighted by Gasteiger charge is 2.21. The number of benzene rings is 3. The summed E-state index contributed by atoms with van der Waals surface area (Å²) < 4.78 is 31.3. The molecule has 3 aromatic rings. The van der Waals surface area contributed by atoms with Crippen LogP contribution in [-0.4, -0.2) is 19.2 Å². The smallest absolute Gasteiger partial charge is 0.339 e. The number of carbonyl (C=O) groups is 1. The van der Waals surface area contributed by atoms with Crippen LogP contribution in [0.4, 0.5) is 11.4 Å². The molecule has 0 fully saturated rings. The van der Waals surface area contributed by atoms with E-state index in [1.807, 2.05) is 6.07 Å². The molecule has 172 valence electrons. The number of carbonyl (C=O) groups excluding carboxylic acids is 1. The summed E-state index contributed by atoms with van der Waals surface area (Å²) in [5, 5.41) is 22.9. The number of hydrogen-bond acceptors (Lipinski definition) is 7. The third-order valence-corrected chi connectivity index (χ3v) is 6.63. The molecule has 0 radical (unpaired) electrons. The minimum atomic E-state index is -4.35. The zero-order valence-corrected chi connectivity index (χ0v) is 20.9. The standard InChI is InChI=1S/C22H13Br2N3O6S/c23-16-5-7-17(8-6-16)26-22(28)15(13-25)10-14-4-9-21(20(24)11-14)33-34(31,32)19-3-1-2-18(12-19)27(29)30/h1-12H,(H,26,28)/b15-10-. The topological polar surface area (TPSA) is 139 Å². The van der Waals surface area contributed by atoms with E-state index in [-0.39, 0.29) is 20.7 Å². The van der Waals surface area contributed by atoms with Crippen molar-refractivity contribution in [3.05, 3.63) is 96.9 Å². The van der Waals surface area contributed by atoms with Crippen molar-refractivity contribution in [2.24, 2.45) is 0 Å². The number of non-ortho nitro benzene ring substituents is 1. The lowest BCUT2D eigenvalue weighted by molar-refractivity contribution is -0.385. The summed E-state index contributed by atoms with van der Waals surface area (Å²) in [7, 11) is -4.35. The van der Waals surface area contributed by atoms with Gasteiger partial charge in [-0.3, -0.25) is 14.9 Å². The molecule has 0 saturated heterocycles. The molecular formula is C22H13Br2N3O6S. The maximum Gasteiger partial charge on any atom is 0.339 e. The quantitative estimate of drug-likeness (QED) is 0.124. The van der Waals surface area contributed by atoms with Crippen LogP contribution in [0.5, 0.6) is 5.75 Å². The van der Waals surface area contributed by atoms with Gasteiger partial charge < -0.3 is 9.50 Å². The number of nitro groups is 1. The van der Waals surface area contributed by atoms with Crippen LogP contribution in [0.2, 0.25) is 0 Å². The number of nitrogens with zero attached hydrogens (tertiary/aromatic N) is 2. The van der Waals surface area contributed by atoms with E-state index in [1.54, 1.807) is 24.3 Å². The van der Waals surface area contributed by atoms with Gasteiger partial charge in [0.25, 0.3) is 11.6 Å². The van der Waals surface area contributed by atoms with Crippen molar-refractivity contribution in [3.8, 4) is 11.8 Å². The third-order valence-electron chi connectivity index (χ3n) is 4.25. The van der Waals surface area contributed by atoms with Crippen LogP contribution in [-0.2, 0) is 14.9 Å². The molecule has 0 bridgehead atoms. The van der Waals surface area contributed by atoms with Crippen molar-refractivity contribution in [1.29, 1.82) is 5.26 Å². The van der Waals surface area contributed by atoms with Crippen LogP contribution in [0.1, 0.15) is 5.56 Å². The molecule has 3 rings (SSSR count). The molecule has 3 aromatic carbocycles. The first kappa shape index (κ1) is 25.1. The number of nitro benzene ring substituents is 1. The van der Waals surface area contributed by atoms with Crippen molar-refractivity contribution in [1.82, 2.24) is 0 Å². The van der Waals surface area contributed by atoms with Crippen molar-refractivity contribution in [2.45, 2.75) is 4.90 Å². The predicted molar refractivity (Wildman–Crippen MR) is 131 cm³/mol. The van der Waals surface area contributed by atoms with Gasteiger partial charge in [-0.2, -0.15) is 13.7 Å². The fourth-order valence-corrected chi connectivity index (χ4v) is 4.48. The predicted octanol–water partition coefficient (Wildman–Crippen LogP) is 5.43. The van der Waals surface area contributed by atoms with E-state index in [1.165, 1.54) is 36.4 Å². The lowest BCUT2D eigenvalue weighted by Crippen LogP contribution is -2.13. The van der Waals surface area contributed by atoms with Crippen LogP contribution in [0.15, 0.2) is 86.1 Å². The molecule has 34 heavy (non-hydrogen) atoms. The number of amides is 1. The minimum absolute atomic E-state index is 0.0820. The monoisotopic (exact) mass is 605 g/mol. The van der Waals surface area contributed by atoms with E-state index in [0.29, 0.717) is 11.3 Å². The van der Waals surface area contributed by atoms with Crippen molar-refractivity contribution in [2.75, 3.05) is 5.32 Å². The Kier molecular flexibility index (Phi) is 7.83. The highest BCUT2D eigenvalue weighted by atomic mass is 79.9. The van der Waals surface area contributed by atoms with Gasteiger partial charge in [-0.25, -0.2) is 0 Å². The summed E-state index contributed by atoms with van der Waals surface area (Å²) in [6, 6.07) is 17.4. The lowest BCUT2D eigenvalue weighted by atomic mass is 10.1. The lowest BCUT2D eigenvalue weighted by Gasteiger charge is -2.09. The summed E-state index contributed by atoms with van der Waals surface area (Å²) in [5.41, 5.74) is 0.363. The van der Waals surface area contributed by atoms with Gasteiger partial charge in [0.1, 0.15) is 16.5 Å². The van der Waals surface area contributed by atoms with E-state index < -0.39 is 26.6 Å². The molecule has 0 unspecified atom stereocenters. The highest BCUT2D eigenvalue weighted by molar-refractivity contribution is 9.10. The number of anilines is 1. The molecule has 0 aliphatic rings. The van der Waals surface area contributed by atoms with Gasteiger partial charge in [-0.05, 0) is 70.0 Å². The molecule has 0 aliphatic carbocycles. The summed E-state index contributed by atoms with van der Waals surface area (Å²) in [5.74, 6) is -0.698. The molecule has 1 N–H and O–H groups in total. The summed E-state index contributed by atoms with van der Waals surface area (Å²) >= 11 is 6.50. The van der Waals surface area contributed by atoms with E-state index >= 15 is 0 Å². The molecular weight excluding hydrogens is 594 g/mol. The minimum Gasteiger partial charge on any atom is -0.378 e. The summed E-state index contributed by atoms with van der Waals surface area (Å²) in [6.45, 7) is 0. The van der Waals surface area contributed by atoms with E-state index in [0.717, 1.165) is 16.6 Å². The molecule has 9 nitrogen and oxygen atoms in total. The number of nitrogens with one attached hydrogen (secondary N) is 1. The Bertz CT molecular complexity index is 1450. The highest BCUT2D eigenvalue weighted by Crippen LogP contribution is 2.30. The second-order valence-electron chi connectivity index (χ2n) is 6.61. The van der Waals surface area contributed by atoms with Gasteiger partial charge in [0, 0.05) is 22.3 Å². The first-order valence-electron chi connectivity index (χ1n) is 9.26. The molecule has 12 heteroatoms. The summed E-state index contributed by atoms with van der Waals surface area (Å²) in [6.07, 6.45) is 1.33. The Morgan fingerprint density at radius 2 is 1.79 bits per heavy atom. The van der Waals surface area contributed by atoms with Gasteiger partial charge in [-0.1, -0.05) is 28.1 Å². The normalized spacial score (nSPS) is 11.4. The second-order valence-corrected chi connectivity index (χ2v) is 9.93. The average Bonchev–Trinajstić information content (AvgIpc) is 2.80. The molecule has 0 aliphatic heterocycles. The van der Waals surface area contributed by atoms with Crippen molar-refractivity contribution < 1.29 is 22.3 Å². The van der Waals surface area contributed by atoms with Crippen LogP contribution >= 0.6 is 31.9 Å². The van der Waals surface area contributed by atoms with Gasteiger partial charge in [0.15, 0.2) is 5.75 Å². The second kappa shape index (κ2) is 10.6. The molecule has 0 aromatic heterocycles. The first-order valence-corrected chi connectivity index (χ1v) is 12.3. The van der Waals surface area contributed by atoms with Crippen LogP contribution in [0.25, 0.3) is 6.08 Å². The maximum atomic E-state index is 12.5. The van der Waals surface area contributed by atoms with Crippen LogP contribution in [0.3, 0.4) is 0 Å². The number of rotatable bonds is 7. The van der Waals surface area contributed by atoms with Gasteiger partial charge in [0.05, 0.1) is 9.40 Å². The molecule has 1 amide bonds. The molecule has 0 spiro atoms. The fourth-order valence-electron chi connectivity index (χ4n) is 2.64. The Labute approximate surface area is 211 Å². The fraction of sp³-hybridized carbons (Fsp3) is 0. The third kappa shape index (κ3) is 6.28. The van der Waals surface area contributed by atoms with E-state index in [9.17, 15) is 28.6 Å². The van der Waals surface area contributed by atoms with Gasteiger partial charge >= 0.3 is 10.1 Å². The Hall–Kier alpha value is -3.53. The number of nitriles is 1. The number of hydrogen-bond donors (Lipinski definition) is 1. The average molecular weight is 607 g/mol. The first-order chi connectivity index (χ1) is 16.1. The number of halogens is 2. The largest absolute Gasteiger partial charge is 0.378 e. The molecule has 0 heterocycles. The Balaban J connectivity index is 1.81. The zero-order valence-electron chi connectivity index (χ0n) is 16.9. The van der Waals surface area contributed by atoms with Crippen molar-refractivity contribution >= 4 is 65.3 Å². The van der Waals surface area contributed by atoms with E-state index in [2.05, 4.69) is 37.2 Å².